The molecule has 0 saturated carbocycles. The van der Waals surface area contributed by atoms with Crippen LogP contribution in [0.3, 0.4) is 0 Å². The molecule has 1 atom stereocenters. The molecule has 0 aliphatic rings. The fourth-order valence-electron chi connectivity index (χ4n) is 4.65. The zero-order valence-corrected chi connectivity index (χ0v) is 20.9. The molecule has 0 amide bonds. The summed E-state index contributed by atoms with van der Waals surface area (Å²) in [4.78, 5) is 14.2. The fourth-order valence-corrected chi connectivity index (χ4v) is 11.4. The molecule has 4 aromatic rings. The molecule has 33 heavy (non-hydrogen) atoms. The van der Waals surface area contributed by atoms with Crippen molar-refractivity contribution in [2.24, 2.45) is 0 Å². The van der Waals surface area contributed by atoms with Gasteiger partial charge in [-0.1, -0.05) is 104 Å². The van der Waals surface area contributed by atoms with Gasteiger partial charge in [0.05, 0.1) is 0 Å². The number of hydrogen-bond donors (Lipinski definition) is 0. The zero-order chi connectivity index (χ0) is 23.2. The van der Waals surface area contributed by atoms with Crippen molar-refractivity contribution in [3.8, 4) is 0 Å². The topological polar surface area (TPSA) is 17.1 Å². The summed E-state index contributed by atoms with van der Waals surface area (Å²) in [6, 6.07) is 42.4. The van der Waals surface area contributed by atoms with E-state index in [0.29, 0.717) is 5.75 Å². The lowest BCUT2D eigenvalue weighted by Gasteiger charge is -2.41. The predicted octanol–water partition coefficient (Wildman–Crippen LogP) is 6.61. The molecule has 4 rings (SSSR count). The molecule has 0 aromatic heterocycles. The van der Waals surface area contributed by atoms with Crippen molar-refractivity contribution in [1.29, 1.82) is 0 Å². The van der Waals surface area contributed by atoms with Crippen LogP contribution >= 0.6 is 19.0 Å². The van der Waals surface area contributed by atoms with Crippen molar-refractivity contribution >= 4 is 40.1 Å². The second-order valence-corrected chi connectivity index (χ2v) is 13.2. The number of carbonyl (C=O) groups is 1. The summed E-state index contributed by atoms with van der Waals surface area (Å²) in [5.74, 6) is 0.688. The number of rotatable bonds is 8. The Morgan fingerprint density at radius 1 is 0.667 bits per heavy atom. The van der Waals surface area contributed by atoms with Gasteiger partial charge < -0.3 is 0 Å². The number of carbonyl (C=O) groups excluding carboxylic acids is 1. The second kappa shape index (κ2) is 10.5. The Bertz CT molecular complexity index is 1070. The van der Waals surface area contributed by atoms with Gasteiger partial charge in [-0.2, -0.15) is 0 Å². The highest BCUT2D eigenvalue weighted by atomic mass is 32.2. The summed E-state index contributed by atoms with van der Waals surface area (Å²) in [6.07, 6.45) is 0.764. The number of thioether (sulfide) groups is 1. The first-order valence-electron chi connectivity index (χ1n) is 11.4. The quantitative estimate of drug-likeness (QED) is 0.270. The third-order valence-corrected chi connectivity index (χ3v) is 13.1. The first kappa shape index (κ1) is 23.5. The molecule has 3 heteroatoms. The van der Waals surface area contributed by atoms with Crippen LogP contribution in [0.4, 0.5) is 0 Å². The highest BCUT2D eigenvalue weighted by Crippen LogP contribution is 2.68. The molecule has 166 valence electrons. The molecule has 0 radical (unpaired) electrons. The largest absolute Gasteiger partial charge is 0.282 e. The van der Waals surface area contributed by atoms with E-state index < -0.39 is 12.4 Å². The molecule has 0 N–H and O–H groups in total. The van der Waals surface area contributed by atoms with Crippen LogP contribution in [0.1, 0.15) is 25.8 Å². The summed E-state index contributed by atoms with van der Waals surface area (Å²) < 4.78 is 0. The van der Waals surface area contributed by atoms with Crippen molar-refractivity contribution in [3.05, 3.63) is 127 Å². The Morgan fingerprint density at radius 3 is 1.39 bits per heavy atom. The van der Waals surface area contributed by atoms with Crippen LogP contribution in [-0.4, -0.2) is 10.3 Å². The van der Waals surface area contributed by atoms with Crippen LogP contribution < -0.4 is 15.9 Å². The van der Waals surface area contributed by atoms with Gasteiger partial charge in [0.2, 0.25) is 5.12 Å². The van der Waals surface area contributed by atoms with Crippen molar-refractivity contribution in [1.82, 2.24) is 0 Å². The molecule has 4 aromatic carbocycles. The number of hydrogen-bond acceptors (Lipinski definition) is 2. The average molecular weight is 470 g/mol. The van der Waals surface area contributed by atoms with E-state index in [0.717, 1.165) is 6.42 Å². The van der Waals surface area contributed by atoms with E-state index in [2.05, 4.69) is 117 Å². The molecule has 0 bridgehead atoms. The van der Waals surface area contributed by atoms with Gasteiger partial charge in [0, 0.05) is 5.75 Å². The molecule has 1 unspecified atom stereocenters. The van der Waals surface area contributed by atoms with Gasteiger partial charge in [-0.15, -0.1) is 0 Å². The van der Waals surface area contributed by atoms with Crippen LogP contribution in [0.5, 0.6) is 0 Å². The van der Waals surface area contributed by atoms with E-state index in [9.17, 15) is 4.79 Å². The standard InChI is InChI=1S/C30H30OPS/c1-3-30(2,29(31)33-24-25-16-8-4-9-17-25)32(26-18-10-5-11-19-26,27-20-12-6-13-21-27)28-22-14-7-15-23-28/h4-23H,3,24H2,1-2H3/q+1. The lowest BCUT2D eigenvalue weighted by Crippen LogP contribution is -2.49. The van der Waals surface area contributed by atoms with E-state index in [4.69, 9.17) is 0 Å². The van der Waals surface area contributed by atoms with Crippen molar-refractivity contribution in [3.63, 3.8) is 0 Å². The summed E-state index contributed by atoms with van der Waals surface area (Å²) in [5.41, 5.74) is 1.18. The summed E-state index contributed by atoms with van der Waals surface area (Å²) in [5, 5.41) is 3.45. The molecule has 0 heterocycles. The van der Waals surface area contributed by atoms with Gasteiger partial charge in [0.15, 0.2) is 5.16 Å². The van der Waals surface area contributed by atoms with Gasteiger partial charge in [-0.25, -0.2) is 0 Å². The van der Waals surface area contributed by atoms with Crippen molar-refractivity contribution < 1.29 is 4.79 Å². The van der Waals surface area contributed by atoms with E-state index in [-0.39, 0.29) is 5.12 Å². The lowest BCUT2D eigenvalue weighted by atomic mass is 10.1. The molecular weight excluding hydrogens is 439 g/mol. The fraction of sp³-hybridized carbons (Fsp3) is 0.167. The number of benzene rings is 4. The first-order valence-corrected chi connectivity index (χ1v) is 14.2. The molecule has 0 aliphatic heterocycles. The molecule has 0 spiro atoms. The Hall–Kier alpha value is -2.67. The minimum absolute atomic E-state index is 0.263. The smallest absolute Gasteiger partial charge is 0.233 e. The van der Waals surface area contributed by atoms with E-state index >= 15 is 0 Å². The van der Waals surface area contributed by atoms with Gasteiger partial charge in [-0.3, -0.25) is 4.79 Å². The van der Waals surface area contributed by atoms with Crippen molar-refractivity contribution in [2.75, 3.05) is 0 Å². The zero-order valence-electron chi connectivity index (χ0n) is 19.2. The molecule has 0 aliphatic carbocycles. The Morgan fingerprint density at radius 2 is 1.03 bits per heavy atom. The van der Waals surface area contributed by atoms with E-state index in [1.807, 2.05) is 18.2 Å². The second-order valence-electron chi connectivity index (χ2n) is 8.37. The van der Waals surface area contributed by atoms with Gasteiger partial charge in [0.1, 0.15) is 23.2 Å². The third kappa shape index (κ3) is 4.43. The molecule has 1 nitrogen and oxygen atoms in total. The summed E-state index contributed by atoms with van der Waals surface area (Å²) in [6.45, 7) is 4.37. The van der Waals surface area contributed by atoms with E-state index in [1.54, 1.807) is 0 Å². The maximum Gasteiger partial charge on any atom is 0.233 e. The van der Waals surface area contributed by atoms with Crippen molar-refractivity contribution in [2.45, 2.75) is 31.2 Å². The van der Waals surface area contributed by atoms with Crippen LogP contribution in [-0.2, 0) is 10.5 Å². The Labute approximate surface area is 202 Å². The molecular formula is C30H30OPS+. The van der Waals surface area contributed by atoms with Crippen LogP contribution in [0.15, 0.2) is 121 Å². The third-order valence-electron chi connectivity index (χ3n) is 6.51. The summed E-state index contributed by atoms with van der Waals surface area (Å²) >= 11 is 1.46. The minimum Gasteiger partial charge on any atom is -0.282 e. The average Bonchev–Trinajstić information content (AvgIpc) is 2.90. The van der Waals surface area contributed by atoms with Crippen LogP contribution in [0.2, 0.25) is 0 Å². The van der Waals surface area contributed by atoms with Crippen LogP contribution in [0, 0.1) is 0 Å². The normalized spacial score (nSPS) is 13.3. The predicted molar refractivity (Wildman–Crippen MR) is 147 cm³/mol. The molecule has 0 saturated heterocycles. The maximum atomic E-state index is 14.2. The lowest BCUT2D eigenvalue weighted by molar-refractivity contribution is -0.112. The maximum absolute atomic E-state index is 14.2. The monoisotopic (exact) mass is 469 g/mol. The first-order chi connectivity index (χ1) is 16.1. The van der Waals surface area contributed by atoms with Crippen LogP contribution in [0.25, 0.3) is 0 Å². The summed E-state index contributed by atoms with van der Waals surface area (Å²) in [7, 11) is -2.32. The van der Waals surface area contributed by atoms with E-state index in [1.165, 1.54) is 33.2 Å². The highest BCUT2D eigenvalue weighted by Gasteiger charge is 2.63. The highest BCUT2D eigenvalue weighted by molar-refractivity contribution is 8.15. The van der Waals surface area contributed by atoms with Gasteiger partial charge >= 0.3 is 0 Å². The van der Waals surface area contributed by atoms with Gasteiger partial charge in [-0.05, 0) is 55.3 Å². The minimum atomic E-state index is -2.32. The Balaban J connectivity index is 1.93. The molecule has 0 fully saturated rings. The van der Waals surface area contributed by atoms with Gasteiger partial charge in [0.25, 0.3) is 0 Å². The Kier molecular flexibility index (Phi) is 7.48. The SMILES string of the molecule is CCC(C)(C(=O)SCc1ccccc1)[P+](c1ccccc1)(c1ccccc1)c1ccccc1.